The summed E-state index contributed by atoms with van der Waals surface area (Å²) in [5, 5.41) is 0. The Morgan fingerprint density at radius 1 is 0.957 bits per heavy atom. The van der Waals surface area contributed by atoms with Gasteiger partial charge in [0.25, 0.3) is 0 Å². The average molecular weight is 317 g/mol. The van der Waals surface area contributed by atoms with Crippen molar-refractivity contribution in [3.05, 3.63) is 0 Å². The van der Waals surface area contributed by atoms with Gasteiger partial charge in [0.2, 0.25) is 0 Å². The molecule has 0 radical (unpaired) electrons. The van der Waals surface area contributed by atoms with Gasteiger partial charge < -0.3 is 0 Å². The molecule has 4 saturated carbocycles. The Hall–Kier alpha value is -0.330. The third-order valence-corrected chi connectivity index (χ3v) is 9.32. The standard InChI is InChI=1S/C22H36O/c1-4-5-15-7-9-19-18-8-6-16-14-17(23)10-12-22(16,3)20(18)11-13-21(15,19)2/h15-16,18-20H,4-14H2,1-3H3/t15-,16?,18?,19?,20?,21+,22-/m0/s1. The monoisotopic (exact) mass is 316 g/mol. The fraction of sp³-hybridized carbons (Fsp3) is 0.955. The van der Waals surface area contributed by atoms with Crippen LogP contribution in [-0.4, -0.2) is 5.78 Å². The zero-order valence-corrected chi connectivity index (χ0v) is 15.6. The van der Waals surface area contributed by atoms with Gasteiger partial charge in [-0.2, -0.15) is 0 Å². The molecule has 0 aliphatic heterocycles. The topological polar surface area (TPSA) is 17.1 Å². The first-order valence-electron chi connectivity index (χ1n) is 10.5. The van der Waals surface area contributed by atoms with Crippen LogP contribution in [0.25, 0.3) is 0 Å². The molecule has 0 N–H and O–H groups in total. The summed E-state index contributed by atoms with van der Waals surface area (Å²) in [6.07, 6.45) is 14.5. The smallest absolute Gasteiger partial charge is 0.133 e. The zero-order valence-electron chi connectivity index (χ0n) is 15.6. The van der Waals surface area contributed by atoms with Gasteiger partial charge >= 0.3 is 0 Å². The summed E-state index contributed by atoms with van der Waals surface area (Å²) >= 11 is 0. The molecule has 0 spiro atoms. The first-order valence-corrected chi connectivity index (χ1v) is 10.5. The van der Waals surface area contributed by atoms with E-state index >= 15 is 0 Å². The van der Waals surface area contributed by atoms with Gasteiger partial charge in [0.05, 0.1) is 0 Å². The summed E-state index contributed by atoms with van der Waals surface area (Å²) < 4.78 is 0. The molecule has 0 heterocycles. The second-order valence-corrected chi connectivity index (χ2v) is 10.0. The SMILES string of the molecule is CCC[C@H]1CCC2C3CCC4CC(=O)CC[C@]4(C)C3CC[C@@]21C. The fourth-order valence-electron chi connectivity index (χ4n) is 7.98. The number of ketones is 1. The molecule has 4 unspecified atom stereocenters. The predicted octanol–water partition coefficient (Wildman–Crippen LogP) is 6.01. The molecule has 0 bridgehead atoms. The van der Waals surface area contributed by atoms with Crippen LogP contribution in [0.2, 0.25) is 0 Å². The van der Waals surface area contributed by atoms with E-state index in [4.69, 9.17) is 0 Å². The van der Waals surface area contributed by atoms with Crippen molar-refractivity contribution in [2.24, 2.45) is 40.4 Å². The second-order valence-electron chi connectivity index (χ2n) is 10.0. The molecular formula is C22H36O. The second kappa shape index (κ2) is 5.60. The highest BCUT2D eigenvalue weighted by molar-refractivity contribution is 5.79. The molecule has 0 aromatic rings. The Labute approximate surface area is 143 Å². The molecule has 4 aliphatic rings. The predicted molar refractivity (Wildman–Crippen MR) is 95.1 cm³/mol. The summed E-state index contributed by atoms with van der Waals surface area (Å²) in [6.45, 7) is 7.59. The number of carbonyl (C=O) groups excluding carboxylic acids is 1. The largest absolute Gasteiger partial charge is 0.300 e. The van der Waals surface area contributed by atoms with Crippen molar-refractivity contribution >= 4 is 5.78 Å². The van der Waals surface area contributed by atoms with E-state index in [1.807, 2.05) is 0 Å². The Bertz CT molecular complexity index is 482. The highest BCUT2D eigenvalue weighted by atomic mass is 16.1. The summed E-state index contributed by atoms with van der Waals surface area (Å²) in [6, 6.07) is 0. The molecule has 130 valence electrons. The average Bonchev–Trinajstić information content (AvgIpc) is 2.85. The van der Waals surface area contributed by atoms with Crippen LogP contribution in [0.1, 0.15) is 91.4 Å². The summed E-state index contributed by atoms with van der Waals surface area (Å²) in [5.41, 5.74) is 1.13. The number of Topliss-reactive ketones (excluding diaryl/α,β-unsaturated/α-hetero) is 1. The summed E-state index contributed by atoms with van der Waals surface area (Å²) in [7, 11) is 0. The van der Waals surface area contributed by atoms with Crippen LogP contribution >= 0.6 is 0 Å². The molecule has 23 heavy (non-hydrogen) atoms. The van der Waals surface area contributed by atoms with E-state index in [1.165, 1.54) is 57.8 Å². The Kier molecular flexibility index (Phi) is 3.93. The molecule has 1 heteroatoms. The number of hydrogen-bond acceptors (Lipinski definition) is 1. The highest BCUT2D eigenvalue weighted by Crippen LogP contribution is 2.67. The molecule has 4 fully saturated rings. The molecular weight excluding hydrogens is 280 g/mol. The van der Waals surface area contributed by atoms with Crippen LogP contribution in [-0.2, 0) is 4.79 Å². The zero-order chi connectivity index (χ0) is 16.2. The van der Waals surface area contributed by atoms with E-state index in [0.717, 1.165) is 36.5 Å². The van der Waals surface area contributed by atoms with Crippen molar-refractivity contribution in [3.8, 4) is 0 Å². The minimum atomic E-state index is 0.487. The van der Waals surface area contributed by atoms with Gasteiger partial charge in [0.1, 0.15) is 5.78 Å². The van der Waals surface area contributed by atoms with Crippen LogP contribution in [0.5, 0.6) is 0 Å². The van der Waals surface area contributed by atoms with Gasteiger partial charge in [0.15, 0.2) is 0 Å². The van der Waals surface area contributed by atoms with Crippen molar-refractivity contribution in [2.45, 2.75) is 91.4 Å². The maximum absolute atomic E-state index is 12.0. The van der Waals surface area contributed by atoms with E-state index in [1.54, 1.807) is 0 Å². The lowest BCUT2D eigenvalue weighted by Crippen LogP contribution is -2.53. The van der Waals surface area contributed by atoms with Gasteiger partial charge in [-0.15, -0.1) is 0 Å². The van der Waals surface area contributed by atoms with Gasteiger partial charge in [-0.25, -0.2) is 0 Å². The minimum Gasteiger partial charge on any atom is -0.300 e. The van der Waals surface area contributed by atoms with Crippen molar-refractivity contribution in [3.63, 3.8) is 0 Å². The third kappa shape index (κ3) is 2.28. The molecule has 7 atom stereocenters. The van der Waals surface area contributed by atoms with E-state index in [-0.39, 0.29) is 0 Å². The number of hydrogen-bond donors (Lipinski definition) is 0. The molecule has 0 amide bonds. The number of carbonyl (C=O) groups is 1. The summed E-state index contributed by atoms with van der Waals surface area (Å²) in [4.78, 5) is 12.0. The Balaban J connectivity index is 1.59. The first-order chi connectivity index (χ1) is 11.0. The Morgan fingerprint density at radius 3 is 2.52 bits per heavy atom. The maximum Gasteiger partial charge on any atom is 0.133 e. The molecule has 0 saturated heterocycles. The molecule has 4 aliphatic carbocycles. The van der Waals surface area contributed by atoms with Crippen LogP contribution in [0.4, 0.5) is 0 Å². The van der Waals surface area contributed by atoms with Crippen LogP contribution in [0.3, 0.4) is 0 Å². The third-order valence-electron chi connectivity index (χ3n) is 9.32. The highest BCUT2D eigenvalue weighted by Gasteiger charge is 2.59. The fourth-order valence-corrected chi connectivity index (χ4v) is 7.98. The van der Waals surface area contributed by atoms with E-state index in [0.29, 0.717) is 22.5 Å². The van der Waals surface area contributed by atoms with E-state index in [9.17, 15) is 4.79 Å². The lowest BCUT2D eigenvalue weighted by atomic mass is 9.44. The lowest BCUT2D eigenvalue weighted by molar-refractivity contribution is -0.139. The molecule has 1 nitrogen and oxygen atoms in total. The molecule has 0 aromatic carbocycles. The molecule has 4 rings (SSSR count). The Morgan fingerprint density at radius 2 is 1.74 bits per heavy atom. The van der Waals surface area contributed by atoms with Gasteiger partial charge in [-0.05, 0) is 85.4 Å². The molecule has 0 aromatic heterocycles. The van der Waals surface area contributed by atoms with Crippen molar-refractivity contribution in [1.29, 1.82) is 0 Å². The first kappa shape index (κ1) is 16.2. The van der Waals surface area contributed by atoms with Crippen molar-refractivity contribution < 1.29 is 4.79 Å². The number of rotatable bonds is 2. The number of fused-ring (bicyclic) bond motifs is 5. The van der Waals surface area contributed by atoms with Crippen molar-refractivity contribution in [2.75, 3.05) is 0 Å². The summed E-state index contributed by atoms with van der Waals surface area (Å²) in [5.74, 6) is 5.15. The van der Waals surface area contributed by atoms with E-state index < -0.39 is 0 Å². The lowest BCUT2D eigenvalue weighted by Gasteiger charge is -2.60. The van der Waals surface area contributed by atoms with Crippen LogP contribution < -0.4 is 0 Å². The normalized spacial score (nSPS) is 52.7. The van der Waals surface area contributed by atoms with Crippen LogP contribution in [0.15, 0.2) is 0 Å². The van der Waals surface area contributed by atoms with Crippen LogP contribution in [0, 0.1) is 40.4 Å². The quantitative estimate of drug-likeness (QED) is 0.609. The minimum absolute atomic E-state index is 0.487. The van der Waals surface area contributed by atoms with Crippen molar-refractivity contribution in [1.82, 2.24) is 0 Å². The maximum atomic E-state index is 12.0. The van der Waals surface area contributed by atoms with Gasteiger partial charge in [-0.1, -0.05) is 33.6 Å². The van der Waals surface area contributed by atoms with E-state index in [2.05, 4.69) is 20.8 Å². The van der Waals surface area contributed by atoms with Gasteiger partial charge in [0, 0.05) is 12.8 Å². The van der Waals surface area contributed by atoms with Gasteiger partial charge in [-0.3, -0.25) is 4.79 Å².